The smallest absolute Gasteiger partial charge is 0.310 e. The molecule has 20 heavy (non-hydrogen) atoms. The molecule has 0 atom stereocenters. The summed E-state index contributed by atoms with van der Waals surface area (Å²) in [6, 6.07) is 5.51. The van der Waals surface area contributed by atoms with Crippen LogP contribution in [0.4, 0.5) is 11.4 Å². The van der Waals surface area contributed by atoms with Gasteiger partial charge < -0.3 is 4.90 Å². The average molecular weight is 297 g/mol. The average Bonchev–Trinajstić information content (AvgIpc) is 2.46. The van der Waals surface area contributed by atoms with E-state index in [1.54, 1.807) is 18.2 Å². The van der Waals surface area contributed by atoms with Crippen molar-refractivity contribution < 1.29 is 4.92 Å². The lowest BCUT2D eigenvalue weighted by atomic mass is 9.84. The first-order valence-corrected chi connectivity index (χ1v) is 7.58. The molecule has 1 saturated carbocycles. The molecule has 0 amide bonds. The topological polar surface area (TPSA) is 46.4 Å². The second-order valence-corrected chi connectivity index (χ2v) is 5.97. The van der Waals surface area contributed by atoms with Crippen molar-refractivity contribution in [1.29, 1.82) is 0 Å². The molecule has 0 heterocycles. The van der Waals surface area contributed by atoms with Gasteiger partial charge in [-0.3, -0.25) is 10.1 Å². The van der Waals surface area contributed by atoms with E-state index in [2.05, 4.69) is 6.92 Å². The molecule has 5 heteroatoms. The summed E-state index contributed by atoms with van der Waals surface area (Å²) in [5.41, 5.74) is 0.650. The van der Waals surface area contributed by atoms with E-state index in [1.165, 1.54) is 19.3 Å². The summed E-state index contributed by atoms with van der Waals surface area (Å²) in [7, 11) is 1.94. The van der Waals surface area contributed by atoms with E-state index in [-0.39, 0.29) is 15.6 Å². The number of anilines is 1. The van der Waals surface area contributed by atoms with E-state index in [0.29, 0.717) is 11.7 Å². The second kappa shape index (κ2) is 6.44. The summed E-state index contributed by atoms with van der Waals surface area (Å²) >= 11 is 5.98. The van der Waals surface area contributed by atoms with E-state index in [0.717, 1.165) is 18.8 Å². The molecule has 1 aromatic rings. The summed E-state index contributed by atoms with van der Waals surface area (Å²) in [5, 5.41) is 11.4. The lowest BCUT2D eigenvalue weighted by Gasteiger charge is -2.35. The zero-order valence-corrected chi connectivity index (χ0v) is 12.8. The maximum atomic E-state index is 11.2. The minimum Gasteiger partial charge on any atom is -0.366 e. The SMILES string of the molecule is CCC1CCC(N(C)c2cccc(Cl)c2[N+](=O)[O-])CC1. The van der Waals surface area contributed by atoms with Crippen LogP contribution in [0.25, 0.3) is 0 Å². The predicted octanol–water partition coefficient (Wildman–Crippen LogP) is 4.65. The van der Waals surface area contributed by atoms with Gasteiger partial charge in [0.25, 0.3) is 0 Å². The molecule has 0 saturated heterocycles. The van der Waals surface area contributed by atoms with Gasteiger partial charge >= 0.3 is 5.69 Å². The Balaban J connectivity index is 2.20. The zero-order chi connectivity index (χ0) is 14.7. The van der Waals surface area contributed by atoms with Gasteiger partial charge in [-0.15, -0.1) is 0 Å². The fraction of sp³-hybridized carbons (Fsp3) is 0.600. The first kappa shape index (κ1) is 15.1. The van der Waals surface area contributed by atoms with Gasteiger partial charge in [-0.2, -0.15) is 0 Å². The number of nitro benzene ring substituents is 1. The lowest BCUT2D eigenvalue weighted by molar-refractivity contribution is -0.384. The Labute approximate surface area is 124 Å². The van der Waals surface area contributed by atoms with Crippen LogP contribution >= 0.6 is 11.6 Å². The van der Waals surface area contributed by atoms with E-state index in [4.69, 9.17) is 11.6 Å². The molecular formula is C15H21ClN2O2. The van der Waals surface area contributed by atoms with Gasteiger partial charge in [0.15, 0.2) is 0 Å². The predicted molar refractivity (Wildman–Crippen MR) is 82.5 cm³/mol. The second-order valence-electron chi connectivity index (χ2n) is 5.56. The molecule has 0 aliphatic heterocycles. The molecule has 0 radical (unpaired) electrons. The van der Waals surface area contributed by atoms with Gasteiger partial charge in [-0.05, 0) is 43.7 Å². The molecule has 0 N–H and O–H groups in total. The van der Waals surface area contributed by atoms with Crippen molar-refractivity contribution in [3.63, 3.8) is 0 Å². The molecule has 1 fully saturated rings. The first-order valence-electron chi connectivity index (χ1n) is 7.20. The van der Waals surface area contributed by atoms with Gasteiger partial charge in [-0.1, -0.05) is 31.0 Å². The lowest BCUT2D eigenvalue weighted by Crippen LogP contribution is -2.35. The maximum absolute atomic E-state index is 11.2. The van der Waals surface area contributed by atoms with Crippen LogP contribution < -0.4 is 4.90 Å². The Morgan fingerprint density at radius 1 is 1.35 bits per heavy atom. The Kier molecular flexibility index (Phi) is 4.86. The van der Waals surface area contributed by atoms with Crippen LogP contribution in [-0.2, 0) is 0 Å². The van der Waals surface area contributed by atoms with Gasteiger partial charge in [0.05, 0.1) is 4.92 Å². The van der Waals surface area contributed by atoms with Gasteiger partial charge in [0.1, 0.15) is 10.7 Å². The van der Waals surface area contributed by atoms with Gasteiger partial charge in [0, 0.05) is 13.1 Å². The van der Waals surface area contributed by atoms with Crippen LogP contribution in [0.1, 0.15) is 39.0 Å². The number of hydrogen-bond acceptors (Lipinski definition) is 3. The van der Waals surface area contributed by atoms with Crippen molar-refractivity contribution in [2.75, 3.05) is 11.9 Å². The van der Waals surface area contributed by atoms with Crippen molar-refractivity contribution in [2.45, 2.75) is 45.1 Å². The molecule has 2 rings (SSSR count). The third kappa shape index (κ3) is 3.06. The highest BCUT2D eigenvalue weighted by atomic mass is 35.5. The minimum absolute atomic E-state index is 0.0225. The van der Waals surface area contributed by atoms with Crippen molar-refractivity contribution in [3.05, 3.63) is 33.3 Å². The Hall–Kier alpha value is -1.29. The van der Waals surface area contributed by atoms with Gasteiger partial charge in [0.2, 0.25) is 0 Å². The molecule has 4 nitrogen and oxygen atoms in total. The van der Waals surface area contributed by atoms with Crippen molar-refractivity contribution >= 4 is 23.0 Å². The number of halogens is 1. The summed E-state index contributed by atoms with van der Waals surface area (Å²) in [6.07, 6.45) is 5.84. The Morgan fingerprint density at radius 2 is 2.00 bits per heavy atom. The third-order valence-electron chi connectivity index (χ3n) is 4.47. The van der Waals surface area contributed by atoms with Crippen molar-refractivity contribution in [3.8, 4) is 0 Å². The monoisotopic (exact) mass is 296 g/mol. The van der Waals surface area contributed by atoms with E-state index in [1.807, 2.05) is 11.9 Å². The molecule has 0 spiro atoms. The normalized spacial score (nSPS) is 22.6. The van der Waals surface area contributed by atoms with E-state index < -0.39 is 0 Å². The highest BCUT2D eigenvalue weighted by Gasteiger charge is 2.28. The molecule has 1 aliphatic carbocycles. The Morgan fingerprint density at radius 3 is 2.55 bits per heavy atom. The van der Waals surface area contributed by atoms with Crippen molar-refractivity contribution in [2.24, 2.45) is 5.92 Å². The van der Waals surface area contributed by atoms with E-state index >= 15 is 0 Å². The molecule has 0 bridgehead atoms. The maximum Gasteiger partial charge on any atom is 0.310 e. The van der Waals surface area contributed by atoms with E-state index in [9.17, 15) is 10.1 Å². The number of benzene rings is 1. The van der Waals surface area contributed by atoms with Crippen molar-refractivity contribution in [1.82, 2.24) is 0 Å². The van der Waals surface area contributed by atoms with Crippen LogP contribution in [0.2, 0.25) is 5.02 Å². The van der Waals surface area contributed by atoms with Crippen LogP contribution in [-0.4, -0.2) is 18.0 Å². The summed E-state index contributed by atoms with van der Waals surface area (Å²) in [5.74, 6) is 0.814. The quantitative estimate of drug-likeness (QED) is 0.600. The van der Waals surface area contributed by atoms with Crippen LogP contribution in [0, 0.1) is 16.0 Å². The van der Waals surface area contributed by atoms with Crippen LogP contribution in [0.3, 0.4) is 0 Å². The number of nitro groups is 1. The zero-order valence-electron chi connectivity index (χ0n) is 12.0. The molecule has 110 valence electrons. The number of hydrogen-bond donors (Lipinski definition) is 0. The number of rotatable bonds is 4. The van der Waals surface area contributed by atoms with Crippen LogP contribution in [0.5, 0.6) is 0 Å². The third-order valence-corrected chi connectivity index (χ3v) is 4.77. The molecular weight excluding hydrogens is 276 g/mol. The summed E-state index contributed by atoms with van der Waals surface area (Å²) in [6.45, 7) is 2.23. The molecule has 0 aromatic heterocycles. The molecule has 1 aromatic carbocycles. The fourth-order valence-corrected chi connectivity index (χ4v) is 3.34. The highest BCUT2D eigenvalue weighted by Crippen LogP contribution is 2.38. The molecule has 1 aliphatic rings. The van der Waals surface area contributed by atoms with Gasteiger partial charge in [-0.25, -0.2) is 0 Å². The van der Waals surface area contributed by atoms with Crippen LogP contribution in [0.15, 0.2) is 18.2 Å². The summed E-state index contributed by atoms with van der Waals surface area (Å²) < 4.78 is 0. The standard InChI is InChI=1S/C15H21ClN2O2/c1-3-11-7-9-12(10-8-11)17(2)14-6-4-5-13(16)15(14)18(19)20/h4-6,11-12H,3,7-10H2,1-2H3. The molecule has 0 unspecified atom stereocenters. The number of para-hydroxylation sites is 1. The first-order chi connectivity index (χ1) is 9.54. The summed E-state index contributed by atoms with van der Waals surface area (Å²) in [4.78, 5) is 12.9. The largest absolute Gasteiger partial charge is 0.366 e. The number of nitrogens with zero attached hydrogens (tertiary/aromatic N) is 2. The highest BCUT2D eigenvalue weighted by molar-refractivity contribution is 6.33. The fourth-order valence-electron chi connectivity index (χ4n) is 3.11. The minimum atomic E-state index is -0.383. The Bertz CT molecular complexity index is 485.